The molecule has 1 fully saturated rings. The van der Waals surface area contributed by atoms with Gasteiger partial charge in [0.15, 0.2) is 0 Å². The minimum atomic E-state index is -0.819. The van der Waals surface area contributed by atoms with Crippen molar-refractivity contribution >= 4 is 23.4 Å². The Morgan fingerprint density at radius 3 is 2.83 bits per heavy atom. The summed E-state index contributed by atoms with van der Waals surface area (Å²) >= 11 is 0. The fourth-order valence-corrected chi connectivity index (χ4v) is 3.61. The van der Waals surface area contributed by atoms with E-state index in [-0.39, 0.29) is 6.42 Å². The number of carbonyl (C=O) groups is 1. The molecule has 0 bridgehead atoms. The first kappa shape index (κ1) is 20.8. The number of hydrogen-bond donors (Lipinski definition) is 2. The van der Waals surface area contributed by atoms with Gasteiger partial charge in [-0.15, -0.1) is 0 Å². The molecule has 0 amide bonds. The highest BCUT2D eigenvalue weighted by Gasteiger charge is 2.15. The molecule has 3 rings (SSSR count). The van der Waals surface area contributed by atoms with E-state index >= 15 is 0 Å². The maximum atomic E-state index is 11.1. The number of anilines is 1. The average Bonchev–Trinajstić information content (AvgIpc) is 2.90. The Morgan fingerprint density at radius 2 is 2.03 bits per heavy atom. The van der Waals surface area contributed by atoms with E-state index in [4.69, 9.17) is 10.1 Å². The van der Waals surface area contributed by atoms with Crippen LogP contribution in [-0.2, 0) is 11.2 Å². The van der Waals surface area contributed by atoms with Crippen molar-refractivity contribution in [2.24, 2.45) is 4.99 Å². The van der Waals surface area contributed by atoms with Crippen molar-refractivity contribution < 1.29 is 9.90 Å². The monoisotopic (exact) mass is 395 g/mol. The van der Waals surface area contributed by atoms with Gasteiger partial charge in [0.25, 0.3) is 0 Å². The lowest BCUT2D eigenvalue weighted by molar-refractivity contribution is -0.136. The van der Waals surface area contributed by atoms with Gasteiger partial charge in [-0.25, -0.2) is 15.0 Å². The third kappa shape index (κ3) is 6.85. The number of amidine groups is 1. The quantitative estimate of drug-likeness (QED) is 0.661. The van der Waals surface area contributed by atoms with Crippen molar-refractivity contribution in [3.05, 3.63) is 47.8 Å². The van der Waals surface area contributed by atoms with E-state index in [1.807, 2.05) is 25.1 Å². The van der Waals surface area contributed by atoms with E-state index in [2.05, 4.69) is 20.2 Å². The third-order valence-corrected chi connectivity index (χ3v) is 4.88. The molecule has 1 aliphatic heterocycles. The highest BCUT2D eigenvalue weighted by Crippen LogP contribution is 2.22. The number of aromatic nitrogens is 2. The summed E-state index contributed by atoms with van der Waals surface area (Å²) in [5, 5.41) is 12.3. The van der Waals surface area contributed by atoms with Crippen molar-refractivity contribution in [2.75, 3.05) is 25.0 Å². The second-order valence-electron chi connectivity index (χ2n) is 7.43. The van der Waals surface area contributed by atoms with Gasteiger partial charge in [0.05, 0.1) is 12.1 Å². The number of hydrogen-bond acceptors (Lipinski definition) is 5. The predicted octanol–water partition coefficient (Wildman–Crippen LogP) is 3.82. The first-order valence-corrected chi connectivity index (χ1v) is 10.3. The number of benzene rings is 1. The molecular formula is C22H29N5O2. The van der Waals surface area contributed by atoms with Crippen molar-refractivity contribution in [1.82, 2.24) is 14.9 Å². The Bertz CT molecular complexity index is 838. The van der Waals surface area contributed by atoms with Gasteiger partial charge in [-0.1, -0.05) is 12.5 Å². The van der Waals surface area contributed by atoms with Crippen LogP contribution in [0.5, 0.6) is 0 Å². The van der Waals surface area contributed by atoms with Crippen molar-refractivity contribution in [3.8, 4) is 0 Å². The number of rotatable bonds is 8. The molecule has 2 N–H and O–H groups in total. The summed E-state index contributed by atoms with van der Waals surface area (Å²) in [5.74, 6) is 0.938. The molecule has 0 saturated carbocycles. The van der Waals surface area contributed by atoms with Gasteiger partial charge in [0.1, 0.15) is 5.84 Å². The lowest BCUT2D eigenvalue weighted by Crippen LogP contribution is -2.32. The zero-order valence-corrected chi connectivity index (χ0v) is 17.0. The second-order valence-corrected chi connectivity index (χ2v) is 7.43. The summed E-state index contributed by atoms with van der Waals surface area (Å²) in [6, 6.07) is 7.64. The normalized spacial score (nSPS) is 15.9. The molecule has 0 unspecified atom stereocenters. The summed E-state index contributed by atoms with van der Waals surface area (Å²) < 4.78 is 0. The molecule has 7 nitrogen and oxygen atoms in total. The Morgan fingerprint density at radius 1 is 1.21 bits per heavy atom. The fourth-order valence-electron chi connectivity index (χ4n) is 3.61. The SMILES string of the molecule is Cc1cc(CC(=O)O)cc(N=C2CCCCCN2CCCNc2ncccn2)c1. The first-order chi connectivity index (χ1) is 14.1. The molecule has 1 aromatic heterocycles. The van der Waals surface area contributed by atoms with Crippen molar-refractivity contribution in [2.45, 2.75) is 45.4 Å². The van der Waals surface area contributed by atoms with Crippen LogP contribution in [0.2, 0.25) is 0 Å². The Kier molecular flexibility index (Phi) is 7.55. The third-order valence-electron chi connectivity index (χ3n) is 4.88. The Hall–Kier alpha value is -2.96. The standard InChI is InChI=1S/C22H29N5O2/c1-17-13-18(16-21(28)29)15-19(14-17)26-20-7-3-2-4-11-27(20)12-6-10-25-22-23-8-5-9-24-22/h5,8-9,13-15H,2-4,6-7,10-12,16H2,1H3,(H,28,29)(H,23,24,25). The Balaban J connectivity index is 1.66. The lowest BCUT2D eigenvalue weighted by Gasteiger charge is -2.24. The predicted molar refractivity (Wildman–Crippen MR) is 115 cm³/mol. The highest BCUT2D eigenvalue weighted by atomic mass is 16.4. The molecule has 1 saturated heterocycles. The highest BCUT2D eigenvalue weighted by molar-refractivity contribution is 5.85. The second kappa shape index (κ2) is 10.5. The molecule has 2 heterocycles. The number of aliphatic imine (C=N–C) groups is 1. The summed E-state index contributed by atoms with van der Waals surface area (Å²) in [7, 11) is 0. The number of likely N-dealkylation sites (tertiary alicyclic amines) is 1. The number of carboxylic acid groups (broad SMARTS) is 1. The van der Waals surface area contributed by atoms with Crippen LogP contribution in [0.15, 0.2) is 41.7 Å². The van der Waals surface area contributed by atoms with Crippen LogP contribution in [0.25, 0.3) is 0 Å². The van der Waals surface area contributed by atoms with Crippen LogP contribution < -0.4 is 5.32 Å². The number of aliphatic carboxylic acids is 1. The van der Waals surface area contributed by atoms with Crippen LogP contribution in [0, 0.1) is 6.92 Å². The van der Waals surface area contributed by atoms with E-state index in [9.17, 15) is 4.79 Å². The van der Waals surface area contributed by atoms with Crippen LogP contribution in [-0.4, -0.2) is 51.4 Å². The van der Waals surface area contributed by atoms with Gasteiger partial charge in [0, 0.05) is 38.4 Å². The molecule has 0 atom stereocenters. The molecular weight excluding hydrogens is 366 g/mol. The molecule has 29 heavy (non-hydrogen) atoms. The van der Waals surface area contributed by atoms with E-state index < -0.39 is 5.97 Å². The van der Waals surface area contributed by atoms with Gasteiger partial charge >= 0.3 is 5.97 Å². The number of nitrogens with zero attached hydrogens (tertiary/aromatic N) is 4. The van der Waals surface area contributed by atoms with Gasteiger partial charge in [-0.05, 0) is 55.5 Å². The maximum Gasteiger partial charge on any atom is 0.307 e. The topological polar surface area (TPSA) is 90.7 Å². The molecule has 0 radical (unpaired) electrons. The zero-order chi connectivity index (χ0) is 20.5. The van der Waals surface area contributed by atoms with Gasteiger partial charge in [-0.3, -0.25) is 4.79 Å². The van der Waals surface area contributed by atoms with Crippen molar-refractivity contribution in [1.29, 1.82) is 0 Å². The smallest absolute Gasteiger partial charge is 0.307 e. The minimum absolute atomic E-state index is 0.0243. The van der Waals surface area contributed by atoms with E-state index in [1.54, 1.807) is 18.5 Å². The minimum Gasteiger partial charge on any atom is -0.481 e. The summed E-state index contributed by atoms with van der Waals surface area (Å²) in [6.07, 6.45) is 8.93. The summed E-state index contributed by atoms with van der Waals surface area (Å²) in [4.78, 5) is 26.7. The van der Waals surface area contributed by atoms with Crippen molar-refractivity contribution in [3.63, 3.8) is 0 Å². The molecule has 1 aliphatic rings. The number of aryl methyl sites for hydroxylation is 1. The summed E-state index contributed by atoms with van der Waals surface area (Å²) in [5.41, 5.74) is 2.68. The van der Waals surface area contributed by atoms with Crippen LogP contribution in [0.1, 0.15) is 43.2 Å². The van der Waals surface area contributed by atoms with Gasteiger partial charge in [-0.2, -0.15) is 0 Å². The van der Waals surface area contributed by atoms with E-state index in [0.29, 0.717) is 5.95 Å². The lowest BCUT2D eigenvalue weighted by atomic mass is 10.1. The summed E-state index contributed by atoms with van der Waals surface area (Å²) in [6.45, 7) is 4.72. The van der Waals surface area contributed by atoms with E-state index in [1.165, 1.54) is 12.8 Å². The van der Waals surface area contributed by atoms with Gasteiger partial charge < -0.3 is 15.3 Å². The maximum absolute atomic E-state index is 11.1. The van der Waals surface area contributed by atoms with Crippen LogP contribution in [0.3, 0.4) is 0 Å². The van der Waals surface area contributed by atoms with Crippen LogP contribution in [0.4, 0.5) is 11.6 Å². The zero-order valence-electron chi connectivity index (χ0n) is 17.0. The first-order valence-electron chi connectivity index (χ1n) is 10.3. The number of carboxylic acids is 1. The van der Waals surface area contributed by atoms with Gasteiger partial charge in [0.2, 0.25) is 5.95 Å². The molecule has 0 aliphatic carbocycles. The molecule has 1 aromatic carbocycles. The molecule has 0 spiro atoms. The average molecular weight is 396 g/mol. The molecule has 7 heteroatoms. The molecule has 2 aromatic rings. The largest absolute Gasteiger partial charge is 0.481 e. The molecule has 154 valence electrons. The van der Waals surface area contributed by atoms with E-state index in [0.717, 1.165) is 61.5 Å². The van der Waals surface area contributed by atoms with Crippen LogP contribution >= 0.6 is 0 Å². The fraction of sp³-hybridized carbons (Fsp3) is 0.455. The number of nitrogens with one attached hydrogen (secondary N) is 1. The Labute approximate surface area is 171 Å².